The Kier molecular flexibility index (Phi) is 5.82. The van der Waals surface area contributed by atoms with E-state index in [2.05, 4.69) is 16.9 Å². The van der Waals surface area contributed by atoms with E-state index in [-0.39, 0.29) is 4.90 Å². The smallest absolute Gasteiger partial charge is 0.276 e. The van der Waals surface area contributed by atoms with Crippen LogP contribution in [0.2, 0.25) is 0 Å². The molecule has 1 aromatic carbocycles. The first-order chi connectivity index (χ1) is 8.95. The van der Waals surface area contributed by atoms with E-state index >= 15 is 0 Å². The summed E-state index contributed by atoms with van der Waals surface area (Å²) in [6, 6.07) is 6.01. The lowest BCUT2D eigenvalue weighted by Crippen LogP contribution is -2.19. The van der Waals surface area contributed by atoms with E-state index < -0.39 is 10.0 Å². The number of nitrogens with two attached hydrogens (primary N) is 1. The van der Waals surface area contributed by atoms with E-state index in [4.69, 9.17) is 5.73 Å². The molecule has 106 valence electrons. The Balaban J connectivity index is 2.64. The third-order valence-electron chi connectivity index (χ3n) is 2.69. The Morgan fingerprint density at radius 2 is 1.89 bits per heavy atom. The van der Waals surface area contributed by atoms with Crippen LogP contribution < -0.4 is 10.6 Å². The van der Waals surface area contributed by atoms with E-state index in [1.54, 1.807) is 12.1 Å². The van der Waals surface area contributed by atoms with Crippen LogP contribution in [0.15, 0.2) is 34.3 Å². The largest absolute Gasteiger partial charge is 0.399 e. The number of sulfonamides is 1. The second kappa shape index (κ2) is 7.13. The Morgan fingerprint density at radius 3 is 2.47 bits per heavy atom. The molecule has 19 heavy (non-hydrogen) atoms. The molecule has 3 N–H and O–H groups in total. The maximum atomic E-state index is 11.9. The number of nitrogens with zero attached hydrogens (tertiary/aromatic N) is 1. The number of hydrazone groups is 1. The maximum absolute atomic E-state index is 11.9. The molecule has 0 heterocycles. The number of unbranched alkanes of at least 4 members (excludes halogenated alkanes) is 2. The van der Waals surface area contributed by atoms with Crippen LogP contribution in [0.5, 0.6) is 0 Å². The Morgan fingerprint density at radius 1 is 1.26 bits per heavy atom. The molecule has 5 nitrogen and oxygen atoms in total. The first-order valence-electron chi connectivity index (χ1n) is 6.36. The van der Waals surface area contributed by atoms with Gasteiger partial charge in [0.15, 0.2) is 0 Å². The summed E-state index contributed by atoms with van der Waals surface area (Å²) in [6.45, 7) is 3.94. The summed E-state index contributed by atoms with van der Waals surface area (Å²) in [5.41, 5.74) is 6.83. The van der Waals surface area contributed by atoms with Gasteiger partial charge in [-0.2, -0.15) is 13.5 Å². The first kappa shape index (κ1) is 15.5. The topological polar surface area (TPSA) is 84.5 Å². The van der Waals surface area contributed by atoms with Crippen LogP contribution in [0.3, 0.4) is 0 Å². The summed E-state index contributed by atoms with van der Waals surface area (Å²) >= 11 is 0. The van der Waals surface area contributed by atoms with Crippen molar-refractivity contribution in [1.29, 1.82) is 0 Å². The highest BCUT2D eigenvalue weighted by atomic mass is 32.2. The number of benzene rings is 1. The molecule has 0 aliphatic heterocycles. The second-order valence-corrected chi connectivity index (χ2v) is 6.13. The van der Waals surface area contributed by atoms with Crippen molar-refractivity contribution in [3.63, 3.8) is 0 Å². The van der Waals surface area contributed by atoms with Gasteiger partial charge in [-0.25, -0.2) is 4.83 Å². The Labute approximate surface area is 115 Å². The fraction of sp³-hybridized carbons (Fsp3) is 0.462. The molecular weight excluding hydrogens is 262 g/mol. The van der Waals surface area contributed by atoms with Crippen LogP contribution >= 0.6 is 0 Å². The van der Waals surface area contributed by atoms with Gasteiger partial charge < -0.3 is 5.73 Å². The highest BCUT2D eigenvalue weighted by molar-refractivity contribution is 7.89. The third-order valence-corrected chi connectivity index (χ3v) is 3.91. The van der Waals surface area contributed by atoms with Gasteiger partial charge in [-0.05, 0) is 44.0 Å². The SMILES string of the molecule is CCCCC/C(C)=N/NS(=O)(=O)c1ccc(N)cc1. The van der Waals surface area contributed by atoms with Crippen LogP contribution in [0.1, 0.15) is 39.5 Å². The lowest BCUT2D eigenvalue weighted by Gasteiger charge is -2.05. The summed E-state index contributed by atoms with van der Waals surface area (Å²) in [5, 5.41) is 3.91. The van der Waals surface area contributed by atoms with Gasteiger partial charge in [0.05, 0.1) is 4.90 Å². The molecule has 0 atom stereocenters. The van der Waals surface area contributed by atoms with E-state index in [9.17, 15) is 8.42 Å². The first-order valence-corrected chi connectivity index (χ1v) is 7.84. The number of nitrogen functional groups attached to an aromatic ring is 1. The monoisotopic (exact) mass is 283 g/mol. The summed E-state index contributed by atoms with van der Waals surface area (Å²) in [7, 11) is -3.60. The molecule has 0 aliphatic carbocycles. The molecule has 0 fully saturated rings. The van der Waals surface area contributed by atoms with E-state index in [1.165, 1.54) is 12.1 Å². The summed E-state index contributed by atoms with van der Waals surface area (Å²) in [6.07, 6.45) is 4.08. The average Bonchev–Trinajstić information content (AvgIpc) is 2.37. The van der Waals surface area contributed by atoms with Crippen LogP contribution in [-0.4, -0.2) is 14.1 Å². The predicted octanol–water partition coefficient (Wildman–Crippen LogP) is 2.50. The quantitative estimate of drug-likeness (QED) is 0.349. The van der Waals surface area contributed by atoms with Crippen LogP contribution in [-0.2, 0) is 10.0 Å². The molecule has 6 heteroatoms. The van der Waals surface area contributed by atoms with Crippen molar-refractivity contribution in [1.82, 2.24) is 4.83 Å². The number of hydrogen-bond donors (Lipinski definition) is 2. The molecule has 0 aromatic heterocycles. The molecular formula is C13H21N3O2S. The fourth-order valence-corrected chi connectivity index (χ4v) is 2.40. The van der Waals surface area contributed by atoms with Crippen LogP contribution in [0.25, 0.3) is 0 Å². The lowest BCUT2D eigenvalue weighted by atomic mass is 10.1. The van der Waals surface area contributed by atoms with E-state index in [1.807, 2.05) is 6.92 Å². The third kappa shape index (κ3) is 5.30. The fourth-order valence-electron chi connectivity index (χ4n) is 1.52. The van der Waals surface area contributed by atoms with Gasteiger partial charge in [0.2, 0.25) is 0 Å². The van der Waals surface area contributed by atoms with Crippen molar-refractivity contribution < 1.29 is 8.42 Å². The zero-order valence-electron chi connectivity index (χ0n) is 11.4. The normalized spacial score (nSPS) is 12.4. The molecule has 0 saturated heterocycles. The zero-order valence-corrected chi connectivity index (χ0v) is 12.2. The van der Waals surface area contributed by atoms with E-state index in [0.717, 1.165) is 31.4 Å². The highest BCUT2D eigenvalue weighted by Gasteiger charge is 2.12. The van der Waals surface area contributed by atoms with Crippen molar-refractivity contribution in [3.05, 3.63) is 24.3 Å². The predicted molar refractivity (Wildman–Crippen MR) is 78.4 cm³/mol. The average molecular weight is 283 g/mol. The number of nitrogens with one attached hydrogen (secondary N) is 1. The highest BCUT2D eigenvalue weighted by Crippen LogP contribution is 2.11. The number of anilines is 1. The van der Waals surface area contributed by atoms with Gasteiger partial charge in [-0.15, -0.1) is 0 Å². The second-order valence-electron chi connectivity index (χ2n) is 4.47. The summed E-state index contributed by atoms with van der Waals surface area (Å²) < 4.78 is 23.8. The van der Waals surface area contributed by atoms with Gasteiger partial charge in [-0.1, -0.05) is 19.8 Å². The van der Waals surface area contributed by atoms with Gasteiger partial charge in [0.25, 0.3) is 10.0 Å². The molecule has 1 aromatic rings. The molecule has 0 saturated carbocycles. The van der Waals surface area contributed by atoms with Gasteiger partial charge >= 0.3 is 0 Å². The van der Waals surface area contributed by atoms with Crippen molar-refractivity contribution in [2.75, 3.05) is 5.73 Å². The molecule has 0 spiro atoms. The molecule has 0 aliphatic rings. The standard InChI is InChI=1S/C13H21N3O2S/c1-3-4-5-6-11(2)15-16-19(17,18)13-9-7-12(14)8-10-13/h7-10,16H,3-6,14H2,1-2H3/b15-11+. The Bertz CT molecular complexity index is 521. The molecule has 1 rings (SSSR count). The minimum atomic E-state index is -3.60. The molecule has 0 amide bonds. The van der Waals surface area contributed by atoms with Gasteiger partial charge in [-0.3, -0.25) is 0 Å². The van der Waals surface area contributed by atoms with Crippen LogP contribution in [0.4, 0.5) is 5.69 Å². The molecule has 0 unspecified atom stereocenters. The van der Waals surface area contributed by atoms with E-state index in [0.29, 0.717) is 5.69 Å². The van der Waals surface area contributed by atoms with Crippen molar-refractivity contribution in [3.8, 4) is 0 Å². The molecule has 0 radical (unpaired) electrons. The van der Waals surface area contributed by atoms with Gasteiger partial charge in [0, 0.05) is 11.4 Å². The zero-order chi connectivity index (χ0) is 14.3. The Hall–Kier alpha value is -1.56. The maximum Gasteiger partial charge on any atom is 0.276 e. The van der Waals surface area contributed by atoms with Crippen molar-refractivity contribution >= 4 is 21.4 Å². The van der Waals surface area contributed by atoms with Crippen molar-refractivity contribution in [2.45, 2.75) is 44.4 Å². The molecule has 0 bridgehead atoms. The minimum absolute atomic E-state index is 0.159. The number of hydrogen-bond acceptors (Lipinski definition) is 4. The summed E-state index contributed by atoms with van der Waals surface area (Å²) in [4.78, 5) is 2.40. The number of rotatable bonds is 7. The minimum Gasteiger partial charge on any atom is -0.399 e. The van der Waals surface area contributed by atoms with Crippen LogP contribution in [0, 0.1) is 0 Å². The van der Waals surface area contributed by atoms with Crippen molar-refractivity contribution in [2.24, 2.45) is 5.10 Å². The lowest BCUT2D eigenvalue weighted by molar-refractivity contribution is 0.584. The van der Waals surface area contributed by atoms with Gasteiger partial charge in [0.1, 0.15) is 0 Å². The summed E-state index contributed by atoms with van der Waals surface area (Å²) in [5.74, 6) is 0.